The van der Waals surface area contributed by atoms with Crippen molar-refractivity contribution < 1.29 is 9.90 Å². The number of anilines is 1. The molecule has 0 aliphatic heterocycles. The first-order chi connectivity index (χ1) is 10.2. The maximum atomic E-state index is 11.9. The van der Waals surface area contributed by atoms with E-state index >= 15 is 0 Å². The van der Waals surface area contributed by atoms with Gasteiger partial charge in [0.2, 0.25) is 0 Å². The Morgan fingerprint density at radius 2 is 1.76 bits per heavy atom. The quantitative estimate of drug-likeness (QED) is 0.795. The molecule has 0 aliphatic rings. The smallest absolute Gasteiger partial charge is 0.319 e. The van der Waals surface area contributed by atoms with Gasteiger partial charge in [0, 0.05) is 0 Å². The Bertz CT molecular complexity index is 590. The summed E-state index contributed by atoms with van der Waals surface area (Å²) in [6.07, 6.45) is 0.563. The Morgan fingerprint density at radius 3 is 2.43 bits per heavy atom. The fraction of sp³-hybridized carbons (Fsp3) is 0.188. The van der Waals surface area contributed by atoms with Crippen LogP contribution in [0.2, 0.25) is 5.02 Å². The molecule has 0 unspecified atom stereocenters. The number of halogens is 1. The van der Waals surface area contributed by atoms with Crippen LogP contribution in [-0.2, 0) is 6.42 Å². The summed E-state index contributed by atoms with van der Waals surface area (Å²) in [5, 5.41) is 15.3. The first-order valence-electron chi connectivity index (χ1n) is 6.66. The van der Waals surface area contributed by atoms with Crippen molar-refractivity contribution in [1.29, 1.82) is 0 Å². The van der Waals surface area contributed by atoms with Crippen LogP contribution in [0.25, 0.3) is 0 Å². The molecule has 110 valence electrons. The summed E-state index contributed by atoms with van der Waals surface area (Å²) in [5.41, 5.74) is 1.59. The fourth-order valence-corrected chi connectivity index (χ4v) is 2.15. The normalized spacial score (nSPS) is 11.7. The van der Waals surface area contributed by atoms with Crippen LogP contribution in [0.5, 0.6) is 0 Å². The third-order valence-electron chi connectivity index (χ3n) is 3.00. The van der Waals surface area contributed by atoms with Gasteiger partial charge in [-0.05, 0) is 24.1 Å². The van der Waals surface area contributed by atoms with Crippen LogP contribution < -0.4 is 10.6 Å². The number of urea groups is 1. The monoisotopic (exact) mass is 304 g/mol. The van der Waals surface area contributed by atoms with Crippen molar-refractivity contribution in [3.05, 3.63) is 65.2 Å². The average molecular weight is 305 g/mol. The molecular formula is C16H17ClN2O2. The highest BCUT2D eigenvalue weighted by Crippen LogP contribution is 2.20. The summed E-state index contributed by atoms with van der Waals surface area (Å²) in [7, 11) is 0. The minimum atomic E-state index is -0.391. The summed E-state index contributed by atoms with van der Waals surface area (Å²) in [6, 6.07) is 15.9. The molecule has 0 heterocycles. The van der Waals surface area contributed by atoms with Crippen LogP contribution in [0.15, 0.2) is 54.6 Å². The molecule has 2 aromatic carbocycles. The molecule has 3 N–H and O–H groups in total. The van der Waals surface area contributed by atoms with Crippen molar-refractivity contribution in [3.8, 4) is 0 Å². The Morgan fingerprint density at radius 1 is 1.10 bits per heavy atom. The van der Waals surface area contributed by atoms with Gasteiger partial charge < -0.3 is 15.7 Å². The number of hydrogen-bond donors (Lipinski definition) is 3. The predicted octanol–water partition coefficient (Wildman–Crippen LogP) is 3.07. The molecule has 2 rings (SSSR count). The van der Waals surface area contributed by atoms with E-state index in [2.05, 4.69) is 10.6 Å². The van der Waals surface area contributed by atoms with Crippen molar-refractivity contribution in [2.45, 2.75) is 12.5 Å². The van der Waals surface area contributed by atoms with Crippen LogP contribution in [0.3, 0.4) is 0 Å². The summed E-state index contributed by atoms with van der Waals surface area (Å²) in [6.45, 7) is -0.134. The van der Waals surface area contributed by atoms with E-state index < -0.39 is 6.03 Å². The number of carbonyl (C=O) groups is 1. The lowest BCUT2D eigenvalue weighted by atomic mass is 10.1. The third kappa shape index (κ3) is 4.77. The van der Waals surface area contributed by atoms with Gasteiger partial charge in [0.25, 0.3) is 0 Å². The van der Waals surface area contributed by atoms with Crippen molar-refractivity contribution in [2.24, 2.45) is 0 Å². The molecule has 0 spiro atoms. The minimum absolute atomic E-state index is 0.134. The molecule has 0 aromatic heterocycles. The van der Waals surface area contributed by atoms with Crippen LogP contribution in [-0.4, -0.2) is 23.8 Å². The fourth-order valence-electron chi connectivity index (χ4n) is 1.97. The van der Waals surface area contributed by atoms with Gasteiger partial charge in [-0.25, -0.2) is 4.79 Å². The summed E-state index contributed by atoms with van der Waals surface area (Å²) >= 11 is 5.98. The first kappa shape index (κ1) is 15.4. The highest BCUT2D eigenvalue weighted by molar-refractivity contribution is 6.33. The number of amides is 2. The lowest BCUT2D eigenvalue weighted by molar-refractivity contribution is 0.224. The van der Waals surface area contributed by atoms with Crippen LogP contribution in [0.4, 0.5) is 10.5 Å². The van der Waals surface area contributed by atoms with Crippen LogP contribution >= 0.6 is 11.6 Å². The number of nitrogens with one attached hydrogen (secondary N) is 2. The molecule has 5 heteroatoms. The Hall–Kier alpha value is -2.04. The van der Waals surface area contributed by atoms with Gasteiger partial charge in [0.15, 0.2) is 0 Å². The molecule has 1 atom stereocenters. The van der Waals surface area contributed by atoms with Gasteiger partial charge in [-0.3, -0.25) is 0 Å². The van der Waals surface area contributed by atoms with Crippen molar-refractivity contribution >= 4 is 23.3 Å². The predicted molar refractivity (Wildman–Crippen MR) is 84.6 cm³/mol. The number of aliphatic hydroxyl groups is 1. The molecule has 4 nitrogen and oxygen atoms in total. The van der Waals surface area contributed by atoms with Gasteiger partial charge in [-0.1, -0.05) is 54.1 Å². The van der Waals surface area contributed by atoms with Gasteiger partial charge in [-0.2, -0.15) is 0 Å². The van der Waals surface area contributed by atoms with Crippen LogP contribution in [0, 0.1) is 0 Å². The summed E-state index contributed by atoms with van der Waals surface area (Å²) in [5.74, 6) is 0. The molecule has 0 aliphatic carbocycles. The van der Waals surface area contributed by atoms with E-state index in [4.69, 9.17) is 11.6 Å². The molecule has 21 heavy (non-hydrogen) atoms. The van der Waals surface area contributed by atoms with E-state index in [0.29, 0.717) is 17.1 Å². The highest BCUT2D eigenvalue weighted by Gasteiger charge is 2.12. The SMILES string of the molecule is O=C(Nc1ccccc1Cl)N[C@@H](CO)Cc1ccccc1. The Balaban J connectivity index is 1.92. The average Bonchev–Trinajstić information content (AvgIpc) is 2.50. The molecule has 0 fully saturated rings. The van der Waals surface area contributed by atoms with Gasteiger partial charge in [0.05, 0.1) is 23.4 Å². The number of benzene rings is 2. The second kappa shape index (κ2) is 7.67. The van der Waals surface area contributed by atoms with E-state index in [-0.39, 0.29) is 12.6 Å². The molecule has 0 bridgehead atoms. The summed E-state index contributed by atoms with van der Waals surface area (Å²) < 4.78 is 0. The van der Waals surface area contributed by atoms with Gasteiger partial charge in [-0.15, -0.1) is 0 Å². The van der Waals surface area contributed by atoms with E-state index in [1.807, 2.05) is 30.3 Å². The molecule has 0 saturated carbocycles. The number of aliphatic hydroxyl groups excluding tert-OH is 1. The van der Waals surface area contributed by atoms with E-state index in [1.54, 1.807) is 24.3 Å². The lowest BCUT2D eigenvalue weighted by Crippen LogP contribution is -2.41. The second-order valence-electron chi connectivity index (χ2n) is 4.65. The topological polar surface area (TPSA) is 61.4 Å². The number of carbonyl (C=O) groups excluding carboxylic acids is 1. The van der Waals surface area contributed by atoms with Gasteiger partial charge >= 0.3 is 6.03 Å². The van der Waals surface area contributed by atoms with E-state index in [1.165, 1.54) is 0 Å². The highest BCUT2D eigenvalue weighted by atomic mass is 35.5. The zero-order valence-electron chi connectivity index (χ0n) is 11.4. The zero-order valence-corrected chi connectivity index (χ0v) is 12.2. The first-order valence-corrected chi connectivity index (χ1v) is 7.03. The van der Waals surface area contributed by atoms with Crippen LogP contribution in [0.1, 0.15) is 5.56 Å². The van der Waals surface area contributed by atoms with E-state index in [9.17, 15) is 9.90 Å². The molecule has 2 aromatic rings. The number of rotatable bonds is 5. The van der Waals surface area contributed by atoms with Crippen molar-refractivity contribution in [3.63, 3.8) is 0 Å². The number of para-hydroxylation sites is 1. The third-order valence-corrected chi connectivity index (χ3v) is 3.33. The van der Waals surface area contributed by atoms with E-state index in [0.717, 1.165) is 5.56 Å². The zero-order chi connectivity index (χ0) is 15.1. The Labute approximate surface area is 128 Å². The maximum absolute atomic E-state index is 11.9. The maximum Gasteiger partial charge on any atom is 0.319 e. The largest absolute Gasteiger partial charge is 0.394 e. The van der Waals surface area contributed by atoms with Gasteiger partial charge in [0.1, 0.15) is 0 Å². The van der Waals surface area contributed by atoms with Crippen molar-refractivity contribution in [2.75, 3.05) is 11.9 Å². The Kier molecular flexibility index (Phi) is 5.60. The second-order valence-corrected chi connectivity index (χ2v) is 5.05. The lowest BCUT2D eigenvalue weighted by Gasteiger charge is -2.17. The van der Waals surface area contributed by atoms with Crippen molar-refractivity contribution in [1.82, 2.24) is 5.32 Å². The summed E-state index contributed by atoms with van der Waals surface area (Å²) in [4.78, 5) is 11.9. The molecule has 2 amide bonds. The molecular weight excluding hydrogens is 288 g/mol. The molecule has 0 saturated heterocycles. The molecule has 0 radical (unpaired) electrons. The standard InChI is InChI=1S/C16H17ClN2O2/c17-14-8-4-5-9-15(14)19-16(21)18-13(11-20)10-12-6-2-1-3-7-12/h1-9,13,20H,10-11H2,(H2,18,19,21)/t13-/m1/s1. The number of hydrogen-bond acceptors (Lipinski definition) is 2. The minimum Gasteiger partial charge on any atom is -0.394 e.